The molecule has 0 aliphatic heterocycles. The maximum absolute atomic E-state index is 10.3. The predicted octanol–water partition coefficient (Wildman–Crippen LogP) is 1.29. The van der Waals surface area contributed by atoms with Gasteiger partial charge in [-0.25, -0.2) is 0 Å². The minimum absolute atomic E-state index is 0.116. The molecule has 5 nitrogen and oxygen atoms in total. The van der Waals surface area contributed by atoms with Gasteiger partial charge in [0.05, 0.1) is 23.4 Å². The molecule has 0 saturated heterocycles. The first-order chi connectivity index (χ1) is 5.65. The van der Waals surface area contributed by atoms with Gasteiger partial charge in [-0.05, 0) is 11.8 Å². The van der Waals surface area contributed by atoms with Crippen molar-refractivity contribution in [3.63, 3.8) is 0 Å². The number of nitro groups is 1. The number of aryl methyl sites for hydroxylation is 1. The van der Waals surface area contributed by atoms with E-state index in [1.54, 1.807) is 13.0 Å². The second-order valence-electron chi connectivity index (χ2n) is 2.37. The second kappa shape index (κ2) is 3.17. The fourth-order valence-electron chi connectivity index (χ4n) is 0.889. The maximum Gasteiger partial charge on any atom is 0.390 e. The zero-order valence-electron chi connectivity index (χ0n) is 6.73. The van der Waals surface area contributed by atoms with Gasteiger partial charge in [0.1, 0.15) is 0 Å². The Balaban J connectivity index is 2.99. The highest BCUT2D eigenvalue weighted by Gasteiger charge is 2.13. The third kappa shape index (κ3) is 1.50. The number of hydrogen-bond acceptors (Lipinski definition) is 3. The molecule has 64 valence electrons. The minimum atomic E-state index is -0.507. The lowest BCUT2D eigenvalue weighted by Gasteiger charge is -1.90. The average Bonchev–Trinajstić information content (AvgIpc) is 2.34. The molecule has 1 aromatic heterocycles. The van der Waals surface area contributed by atoms with E-state index in [1.165, 1.54) is 10.7 Å². The molecule has 0 N–H and O–H groups in total. The Kier molecular flexibility index (Phi) is 2.23. The molecule has 0 aliphatic carbocycles. The molecule has 0 unspecified atom stereocenters. The van der Waals surface area contributed by atoms with Crippen molar-refractivity contribution in [1.82, 2.24) is 9.78 Å². The van der Waals surface area contributed by atoms with Crippen LogP contribution in [0.3, 0.4) is 0 Å². The van der Waals surface area contributed by atoms with Gasteiger partial charge >= 0.3 is 5.82 Å². The molecule has 0 aliphatic rings. The first-order valence-corrected chi connectivity index (χ1v) is 3.45. The Morgan fingerprint density at radius 1 is 1.92 bits per heavy atom. The van der Waals surface area contributed by atoms with E-state index in [0.717, 1.165) is 5.69 Å². The molecule has 0 aromatic carbocycles. The molecule has 0 bridgehead atoms. The molecule has 1 heterocycles. The highest BCUT2D eigenvalue weighted by molar-refractivity contribution is 5.21. The topological polar surface area (TPSA) is 61.0 Å². The number of hydrogen-bond donors (Lipinski definition) is 0. The first kappa shape index (κ1) is 8.45. The van der Waals surface area contributed by atoms with Crippen LogP contribution < -0.4 is 0 Å². The van der Waals surface area contributed by atoms with Crippen LogP contribution >= 0.6 is 0 Å². The van der Waals surface area contributed by atoms with E-state index in [-0.39, 0.29) is 5.82 Å². The van der Waals surface area contributed by atoms with Crippen LogP contribution in [0.5, 0.6) is 0 Å². The fourth-order valence-corrected chi connectivity index (χ4v) is 0.889. The van der Waals surface area contributed by atoms with Crippen LogP contribution in [0.25, 0.3) is 0 Å². The Morgan fingerprint density at radius 2 is 2.58 bits per heavy atom. The van der Waals surface area contributed by atoms with Crippen molar-refractivity contribution in [2.45, 2.75) is 13.5 Å². The number of nitrogens with zero attached hydrogens (tertiary/aromatic N) is 3. The molecule has 5 heteroatoms. The van der Waals surface area contributed by atoms with Gasteiger partial charge in [0.2, 0.25) is 0 Å². The summed E-state index contributed by atoms with van der Waals surface area (Å²) in [5.74, 6) is -0.116. The van der Waals surface area contributed by atoms with Crippen molar-refractivity contribution < 1.29 is 4.92 Å². The summed E-state index contributed by atoms with van der Waals surface area (Å²) in [6.07, 6.45) is 1.64. The van der Waals surface area contributed by atoms with Gasteiger partial charge in [0.25, 0.3) is 0 Å². The zero-order valence-corrected chi connectivity index (χ0v) is 6.73. The van der Waals surface area contributed by atoms with E-state index < -0.39 is 4.92 Å². The average molecular weight is 167 g/mol. The summed E-state index contributed by atoms with van der Waals surface area (Å²) in [5.41, 5.74) is 0.765. The standard InChI is InChI=1S/C7H9N3O2/c1-3-4-9-6(2)5-7(8-9)10(11)12/h3,5H,1,4H2,2H3. The van der Waals surface area contributed by atoms with Crippen LogP contribution in [0.1, 0.15) is 5.69 Å². The van der Waals surface area contributed by atoms with Crippen LogP contribution in [0, 0.1) is 17.0 Å². The van der Waals surface area contributed by atoms with Gasteiger partial charge in [-0.2, -0.15) is 4.68 Å². The van der Waals surface area contributed by atoms with E-state index in [2.05, 4.69) is 11.7 Å². The zero-order chi connectivity index (χ0) is 9.14. The molecule has 0 fully saturated rings. The highest BCUT2D eigenvalue weighted by Crippen LogP contribution is 2.10. The van der Waals surface area contributed by atoms with Gasteiger partial charge in [0, 0.05) is 0 Å². The van der Waals surface area contributed by atoms with Gasteiger partial charge in [-0.15, -0.1) is 6.58 Å². The van der Waals surface area contributed by atoms with E-state index in [0.29, 0.717) is 6.54 Å². The smallest absolute Gasteiger partial charge is 0.358 e. The first-order valence-electron chi connectivity index (χ1n) is 3.45. The Labute approximate surface area is 69.5 Å². The third-order valence-corrected chi connectivity index (χ3v) is 1.46. The molecule has 0 spiro atoms. The monoisotopic (exact) mass is 167 g/mol. The van der Waals surface area contributed by atoms with Crippen molar-refractivity contribution in [3.05, 3.63) is 34.5 Å². The molecule has 1 rings (SSSR count). The molecule has 0 radical (unpaired) electrons. The number of aromatic nitrogens is 2. The molecule has 12 heavy (non-hydrogen) atoms. The van der Waals surface area contributed by atoms with Gasteiger partial charge < -0.3 is 10.1 Å². The van der Waals surface area contributed by atoms with Crippen molar-refractivity contribution >= 4 is 5.82 Å². The molecule has 0 amide bonds. The van der Waals surface area contributed by atoms with Gasteiger partial charge in [0.15, 0.2) is 0 Å². The Hall–Kier alpha value is -1.65. The Bertz CT molecular complexity index is 316. The predicted molar refractivity (Wildman–Crippen MR) is 43.8 cm³/mol. The van der Waals surface area contributed by atoms with E-state index in [1.807, 2.05) is 0 Å². The number of allylic oxidation sites excluding steroid dienone is 1. The summed E-state index contributed by atoms with van der Waals surface area (Å²) in [4.78, 5) is 9.77. The Morgan fingerprint density at radius 3 is 3.00 bits per heavy atom. The van der Waals surface area contributed by atoms with Gasteiger partial charge in [-0.3, -0.25) is 0 Å². The van der Waals surface area contributed by atoms with Crippen LogP contribution in [-0.2, 0) is 6.54 Å². The third-order valence-electron chi connectivity index (χ3n) is 1.46. The van der Waals surface area contributed by atoms with Crippen molar-refractivity contribution in [2.75, 3.05) is 0 Å². The SMILES string of the molecule is C=CCn1nc([N+](=O)[O-])cc1C. The molecular formula is C7H9N3O2. The minimum Gasteiger partial charge on any atom is -0.358 e. The molecular weight excluding hydrogens is 158 g/mol. The van der Waals surface area contributed by atoms with Crippen LogP contribution in [-0.4, -0.2) is 14.7 Å². The van der Waals surface area contributed by atoms with Gasteiger partial charge in [-0.1, -0.05) is 6.08 Å². The summed E-state index contributed by atoms with van der Waals surface area (Å²) in [7, 11) is 0. The molecule has 0 atom stereocenters. The van der Waals surface area contributed by atoms with E-state index in [9.17, 15) is 10.1 Å². The molecule has 0 saturated carbocycles. The summed E-state index contributed by atoms with van der Waals surface area (Å²) >= 11 is 0. The van der Waals surface area contributed by atoms with Crippen molar-refractivity contribution in [2.24, 2.45) is 0 Å². The quantitative estimate of drug-likeness (QED) is 0.387. The number of rotatable bonds is 3. The lowest BCUT2D eigenvalue weighted by molar-refractivity contribution is -0.389. The van der Waals surface area contributed by atoms with Crippen LogP contribution in [0.15, 0.2) is 18.7 Å². The molecule has 1 aromatic rings. The summed E-state index contributed by atoms with van der Waals surface area (Å²) in [6, 6.07) is 1.43. The lowest BCUT2D eigenvalue weighted by atomic mass is 10.4. The maximum atomic E-state index is 10.3. The van der Waals surface area contributed by atoms with Crippen molar-refractivity contribution in [3.8, 4) is 0 Å². The summed E-state index contributed by atoms with van der Waals surface area (Å²) in [5, 5.41) is 14.0. The largest absolute Gasteiger partial charge is 0.390 e. The van der Waals surface area contributed by atoms with E-state index in [4.69, 9.17) is 0 Å². The summed E-state index contributed by atoms with van der Waals surface area (Å²) in [6.45, 7) is 5.79. The van der Waals surface area contributed by atoms with Crippen molar-refractivity contribution in [1.29, 1.82) is 0 Å². The second-order valence-corrected chi connectivity index (χ2v) is 2.37. The normalized spacial score (nSPS) is 9.75. The van der Waals surface area contributed by atoms with E-state index >= 15 is 0 Å². The van der Waals surface area contributed by atoms with Crippen LogP contribution in [0.2, 0.25) is 0 Å². The van der Waals surface area contributed by atoms with Crippen LogP contribution in [0.4, 0.5) is 5.82 Å². The lowest BCUT2D eigenvalue weighted by Crippen LogP contribution is -2.00. The highest BCUT2D eigenvalue weighted by atomic mass is 16.6. The summed E-state index contributed by atoms with van der Waals surface area (Å²) < 4.78 is 1.53. The fraction of sp³-hybridized carbons (Fsp3) is 0.286.